The van der Waals surface area contributed by atoms with Crippen LogP contribution in [0.4, 0.5) is 0 Å². The molecule has 148 valence electrons. The molecule has 1 fully saturated rings. The molecule has 1 aliphatic rings. The van der Waals surface area contributed by atoms with Gasteiger partial charge in [-0.25, -0.2) is 8.42 Å². The summed E-state index contributed by atoms with van der Waals surface area (Å²) < 4.78 is 39.5. The van der Waals surface area contributed by atoms with Crippen molar-refractivity contribution in [1.82, 2.24) is 5.32 Å². The molecule has 3 rings (SSSR count). The van der Waals surface area contributed by atoms with Gasteiger partial charge in [0.1, 0.15) is 12.4 Å². The van der Waals surface area contributed by atoms with Crippen LogP contribution in [-0.2, 0) is 31.5 Å². The van der Waals surface area contributed by atoms with E-state index in [0.29, 0.717) is 32.1 Å². The van der Waals surface area contributed by atoms with Gasteiger partial charge in [-0.2, -0.15) is 0 Å². The van der Waals surface area contributed by atoms with Gasteiger partial charge in [0.05, 0.1) is 36.0 Å². The van der Waals surface area contributed by atoms with Crippen LogP contribution in [0.1, 0.15) is 17.7 Å². The van der Waals surface area contributed by atoms with E-state index < -0.39 is 21.5 Å². The molecule has 7 nitrogen and oxygen atoms in total. The second kappa shape index (κ2) is 8.53. The van der Waals surface area contributed by atoms with Crippen molar-refractivity contribution < 1.29 is 27.4 Å². The van der Waals surface area contributed by atoms with Gasteiger partial charge in [0.15, 0.2) is 9.84 Å². The summed E-state index contributed by atoms with van der Waals surface area (Å²) in [6, 6.07) is 10.4. The first kappa shape index (κ1) is 20.0. The van der Waals surface area contributed by atoms with Crippen LogP contribution < -0.4 is 5.32 Å². The Labute approximate surface area is 159 Å². The molecule has 2 aromatic rings. The number of benzene rings is 1. The minimum atomic E-state index is -3.23. The maximum absolute atomic E-state index is 11.7. The molecule has 2 unspecified atom stereocenters. The number of aliphatic hydroxyl groups excluding tert-OH is 1. The number of furan rings is 1. The first-order valence-electron chi connectivity index (χ1n) is 8.81. The zero-order chi connectivity index (χ0) is 19.3. The molecule has 0 amide bonds. The van der Waals surface area contributed by atoms with Gasteiger partial charge in [-0.05, 0) is 36.2 Å². The molecule has 0 saturated carbocycles. The molecule has 0 aliphatic carbocycles. The van der Waals surface area contributed by atoms with E-state index in [2.05, 4.69) is 5.32 Å². The average molecular weight is 395 g/mol. The van der Waals surface area contributed by atoms with Gasteiger partial charge in [-0.3, -0.25) is 0 Å². The van der Waals surface area contributed by atoms with E-state index in [1.165, 1.54) is 6.26 Å². The number of nitrogens with one attached hydrogen (secondary N) is 1. The SMILES string of the molecule is CS(=O)(=O)c1ccc(C2(NCC(O)COCc3ccco3)CCOC2)cc1. The second-order valence-corrected chi connectivity index (χ2v) is 8.83. The Hall–Kier alpha value is -1.71. The monoisotopic (exact) mass is 395 g/mol. The number of rotatable bonds is 9. The van der Waals surface area contributed by atoms with E-state index in [9.17, 15) is 13.5 Å². The number of ether oxygens (including phenoxy) is 2. The van der Waals surface area contributed by atoms with E-state index in [-0.39, 0.29) is 11.5 Å². The van der Waals surface area contributed by atoms with E-state index in [0.717, 1.165) is 12.0 Å². The van der Waals surface area contributed by atoms with Crippen molar-refractivity contribution in [2.45, 2.75) is 29.6 Å². The molecule has 1 aromatic heterocycles. The number of hydrogen-bond acceptors (Lipinski definition) is 7. The lowest BCUT2D eigenvalue weighted by Gasteiger charge is -2.31. The fourth-order valence-corrected chi connectivity index (χ4v) is 3.75. The molecule has 2 atom stereocenters. The zero-order valence-corrected chi connectivity index (χ0v) is 16.1. The minimum Gasteiger partial charge on any atom is -0.467 e. The van der Waals surface area contributed by atoms with Crippen molar-refractivity contribution in [3.8, 4) is 0 Å². The van der Waals surface area contributed by atoms with E-state index in [4.69, 9.17) is 13.9 Å². The van der Waals surface area contributed by atoms with Gasteiger partial charge in [-0.15, -0.1) is 0 Å². The Kier molecular flexibility index (Phi) is 6.33. The van der Waals surface area contributed by atoms with Crippen molar-refractivity contribution in [2.75, 3.05) is 32.6 Å². The van der Waals surface area contributed by atoms with Crippen LogP contribution in [0.3, 0.4) is 0 Å². The van der Waals surface area contributed by atoms with Crippen LogP contribution in [-0.4, -0.2) is 52.2 Å². The van der Waals surface area contributed by atoms with Gasteiger partial charge in [0.2, 0.25) is 0 Å². The third-order valence-corrected chi connectivity index (χ3v) is 5.80. The smallest absolute Gasteiger partial charge is 0.175 e. The number of sulfone groups is 1. The van der Waals surface area contributed by atoms with Gasteiger partial charge >= 0.3 is 0 Å². The van der Waals surface area contributed by atoms with Gasteiger partial charge in [-0.1, -0.05) is 12.1 Å². The van der Waals surface area contributed by atoms with Gasteiger partial charge in [0, 0.05) is 19.4 Å². The van der Waals surface area contributed by atoms with Crippen LogP contribution in [0.2, 0.25) is 0 Å². The van der Waals surface area contributed by atoms with Crippen molar-refractivity contribution in [3.05, 3.63) is 54.0 Å². The normalized spacial score (nSPS) is 21.4. The van der Waals surface area contributed by atoms with E-state index >= 15 is 0 Å². The van der Waals surface area contributed by atoms with Crippen molar-refractivity contribution >= 4 is 9.84 Å². The molecule has 2 heterocycles. The van der Waals surface area contributed by atoms with Crippen LogP contribution in [0.25, 0.3) is 0 Å². The zero-order valence-electron chi connectivity index (χ0n) is 15.3. The van der Waals surface area contributed by atoms with E-state index in [1.807, 2.05) is 6.07 Å². The lowest BCUT2D eigenvalue weighted by molar-refractivity contribution is 0.0182. The molecule has 0 spiro atoms. The van der Waals surface area contributed by atoms with Crippen LogP contribution in [0, 0.1) is 0 Å². The summed E-state index contributed by atoms with van der Waals surface area (Å²) in [5.41, 5.74) is 0.494. The summed E-state index contributed by atoms with van der Waals surface area (Å²) in [4.78, 5) is 0.284. The predicted octanol–water partition coefficient (Wildman–Crippen LogP) is 1.47. The van der Waals surface area contributed by atoms with Gasteiger partial charge < -0.3 is 24.3 Å². The van der Waals surface area contributed by atoms with E-state index in [1.54, 1.807) is 36.6 Å². The standard InChI is InChI=1S/C19H25NO6S/c1-27(22,23)18-6-4-15(5-7-18)19(8-10-24-14-19)20-11-16(21)12-25-13-17-3-2-9-26-17/h2-7,9,16,20-21H,8,10-14H2,1H3. The summed E-state index contributed by atoms with van der Waals surface area (Å²) >= 11 is 0. The highest BCUT2D eigenvalue weighted by atomic mass is 32.2. The maximum atomic E-state index is 11.7. The molecule has 1 saturated heterocycles. The highest BCUT2D eigenvalue weighted by Crippen LogP contribution is 2.31. The van der Waals surface area contributed by atoms with Crippen molar-refractivity contribution in [2.24, 2.45) is 0 Å². The molecule has 0 bridgehead atoms. The Morgan fingerprint density at radius 3 is 2.67 bits per heavy atom. The van der Waals surface area contributed by atoms with Crippen LogP contribution >= 0.6 is 0 Å². The number of hydrogen-bond donors (Lipinski definition) is 2. The Bertz CT molecular complexity index is 810. The summed E-state index contributed by atoms with van der Waals surface area (Å²) in [7, 11) is -3.23. The highest BCUT2D eigenvalue weighted by molar-refractivity contribution is 7.90. The average Bonchev–Trinajstić information content (AvgIpc) is 3.32. The predicted molar refractivity (Wildman–Crippen MR) is 99.0 cm³/mol. The number of aliphatic hydroxyl groups is 1. The lowest BCUT2D eigenvalue weighted by Crippen LogP contribution is -2.47. The Morgan fingerprint density at radius 1 is 1.30 bits per heavy atom. The largest absolute Gasteiger partial charge is 0.467 e. The summed E-state index contributed by atoms with van der Waals surface area (Å²) in [6.07, 6.45) is 2.82. The molecule has 0 radical (unpaired) electrons. The molecule has 2 N–H and O–H groups in total. The third kappa shape index (κ3) is 5.18. The van der Waals surface area contributed by atoms with Crippen molar-refractivity contribution in [3.63, 3.8) is 0 Å². The first-order valence-corrected chi connectivity index (χ1v) is 10.7. The first-order chi connectivity index (χ1) is 12.9. The quantitative estimate of drug-likeness (QED) is 0.663. The molecular formula is C19H25NO6S. The van der Waals surface area contributed by atoms with Gasteiger partial charge in [0.25, 0.3) is 0 Å². The molecular weight excluding hydrogens is 370 g/mol. The third-order valence-electron chi connectivity index (χ3n) is 4.67. The second-order valence-electron chi connectivity index (χ2n) is 6.81. The molecule has 27 heavy (non-hydrogen) atoms. The molecule has 1 aliphatic heterocycles. The minimum absolute atomic E-state index is 0.178. The summed E-state index contributed by atoms with van der Waals surface area (Å²) in [6.45, 7) is 1.88. The molecule has 8 heteroatoms. The fourth-order valence-electron chi connectivity index (χ4n) is 3.12. The van der Waals surface area contributed by atoms with Crippen LogP contribution in [0.5, 0.6) is 0 Å². The summed E-state index contributed by atoms with van der Waals surface area (Å²) in [5.74, 6) is 0.710. The fraction of sp³-hybridized carbons (Fsp3) is 0.474. The Balaban J connectivity index is 1.58. The van der Waals surface area contributed by atoms with Crippen LogP contribution in [0.15, 0.2) is 52.0 Å². The highest BCUT2D eigenvalue weighted by Gasteiger charge is 2.36. The van der Waals surface area contributed by atoms with Crippen molar-refractivity contribution in [1.29, 1.82) is 0 Å². The Morgan fingerprint density at radius 2 is 2.07 bits per heavy atom. The maximum Gasteiger partial charge on any atom is 0.175 e. The molecule has 1 aromatic carbocycles. The summed E-state index contributed by atoms with van der Waals surface area (Å²) in [5, 5.41) is 13.6. The lowest BCUT2D eigenvalue weighted by atomic mass is 9.89. The topological polar surface area (TPSA) is 98.0 Å².